The van der Waals surface area contributed by atoms with Gasteiger partial charge in [0, 0.05) is 21.7 Å². The number of urea groups is 1. The van der Waals surface area contributed by atoms with Crippen LogP contribution in [-0.2, 0) is 0 Å². The van der Waals surface area contributed by atoms with Gasteiger partial charge in [0.15, 0.2) is 0 Å². The zero-order valence-electron chi connectivity index (χ0n) is 14.7. The number of hydrogen-bond acceptors (Lipinski definition) is 4. The third kappa shape index (κ3) is 3.65. The molecule has 2 heterocycles. The predicted molar refractivity (Wildman–Crippen MR) is 110 cm³/mol. The minimum atomic E-state index is -0.413. The van der Waals surface area contributed by atoms with Gasteiger partial charge in [-0.25, -0.2) is 9.31 Å². The number of aryl methyl sites for hydroxylation is 2. The number of benzene rings is 2. The first-order valence-electron chi connectivity index (χ1n) is 8.25. The molecule has 2 aromatic carbocycles. The first-order valence-corrected chi connectivity index (χ1v) is 9.51. The minimum Gasteiger partial charge on any atom is -0.308 e. The molecule has 0 bridgehead atoms. The number of carbonyl (C=O) groups excluding carboxylic acids is 1. The molecule has 0 radical (unpaired) electrons. The average molecular weight is 398 g/mol. The highest BCUT2D eigenvalue weighted by Gasteiger charge is 2.14. The van der Waals surface area contributed by atoms with Crippen molar-refractivity contribution in [2.24, 2.45) is 0 Å². The van der Waals surface area contributed by atoms with Gasteiger partial charge in [0.1, 0.15) is 0 Å². The number of nitrogens with zero attached hydrogens (tertiary/aromatic N) is 3. The Balaban J connectivity index is 1.56. The quantitative estimate of drug-likeness (QED) is 0.488. The largest absolute Gasteiger partial charge is 0.326 e. The van der Waals surface area contributed by atoms with Crippen LogP contribution >= 0.6 is 22.9 Å². The van der Waals surface area contributed by atoms with E-state index in [0.717, 1.165) is 11.3 Å². The summed E-state index contributed by atoms with van der Waals surface area (Å²) < 4.78 is 1.75. The number of fused-ring (bicyclic) bond motifs is 1. The number of thiazole rings is 1. The van der Waals surface area contributed by atoms with Crippen LogP contribution < -0.4 is 10.6 Å². The van der Waals surface area contributed by atoms with Crippen LogP contribution in [-0.4, -0.2) is 20.6 Å². The van der Waals surface area contributed by atoms with Crippen molar-refractivity contribution >= 4 is 45.6 Å². The Morgan fingerprint density at radius 1 is 1.11 bits per heavy atom. The first kappa shape index (κ1) is 17.5. The summed E-state index contributed by atoms with van der Waals surface area (Å²) in [6.07, 6.45) is 0. The van der Waals surface area contributed by atoms with Crippen LogP contribution in [0.4, 0.5) is 16.4 Å². The third-order valence-electron chi connectivity index (χ3n) is 4.07. The predicted octanol–water partition coefficient (Wildman–Crippen LogP) is 5.37. The van der Waals surface area contributed by atoms with Crippen molar-refractivity contribution in [1.82, 2.24) is 14.6 Å². The number of halogens is 1. The van der Waals surface area contributed by atoms with Gasteiger partial charge in [-0.3, -0.25) is 5.32 Å². The number of rotatable bonds is 3. The van der Waals surface area contributed by atoms with Crippen molar-refractivity contribution in [2.45, 2.75) is 13.8 Å². The SMILES string of the molecule is Cc1ccc(-c2csc3nc(NC(=O)Nc4ccc(Cl)cc4)nn23)c(C)c1. The van der Waals surface area contributed by atoms with Gasteiger partial charge in [-0.15, -0.1) is 16.4 Å². The lowest BCUT2D eigenvalue weighted by molar-refractivity contribution is 0.262. The van der Waals surface area contributed by atoms with Crippen LogP contribution in [0.2, 0.25) is 5.02 Å². The van der Waals surface area contributed by atoms with Gasteiger partial charge in [-0.1, -0.05) is 35.4 Å². The Morgan fingerprint density at radius 2 is 1.89 bits per heavy atom. The Morgan fingerprint density at radius 3 is 2.63 bits per heavy atom. The zero-order chi connectivity index (χ0) is 19.0. The smallest absolute Gasteiger partial charge is 0.308 e. The maximum absolute atomic E-state index is 12.2. The standard InChI is InChI=1S/C19H16ClN5OS/c1-11-3-8-15(12(2)9-11)16-10-27-19-23-17(24-25(16)19)22-18(26)21-14-6-4-13(20)5-7-14/h3-10H,1-2H3,(H2,21,22,24,26). The third-order valence-corrected chi connectivity index (χ3v) is 5.14. The molecule has 2 aromatic heterocycles. The molecule has 0 spiro atoms. The van der Waals surface area contributed by atoms with Crippen LogP contribution in [0.15, 0.2) is 47.8 Å². The van der Waals surface area contributed by atoms with E-state index in [1.807, 2.05) is 5.38 Å². The number of hydrogen-bond donors (Lipinski definition) is 2. The summed E-state index contributed by atoms with van der Waals surface area (Å²) in [4.78, 5) is 17.3. The monoisotopic (exact) mass is 397 g/mol. The molecule has 4 aromatic rings. The van der Waals surface area contributed by atoms with Crippen LogP contribution in [0.3, 0.4) is 0 Å². The van der Waals surface area contributed by atoms with Crippen molar-refractivity contribution in [2.75, 3.05) is 10.6 Å². The lowest BCUT2D eigenvalue weighted by Gasteiger charge is -2.05. The van der Waals surface area contributed by atoms with Crippen LogP contribution in [0.5, 0.6) is 0 Å². The molecule has 4 rings (SSSR count). The average Bonchev–Trinajstić information content (AvgIpc) is 3.17. The fraction of sp³-hybridized carbons (Fsp3) is 0.105. The van der Waals surface area contributed by atoms with E-state index in [-0.39, 0.29) is 5.95 Å². The molecule has 0 fully saturated rings. The Hall–Kier alpha value is -2.90. The first-order chi connectivity index (χ1) is 13.0. The van der Waals surface area contributed by atoms with Crippen molar-refractivity contribution in [1.29, 1.82) is 0 Å². The van der Waals surface area contributed by atoms with Crippen molar-refractivity contribution in [3.8, 4) is 11.3 Å². The summed E-state index contributed by atoms with van der Waals surface area (Å²) >= 11 is 7.32. The lowest BCUT2D eigenvalue weighted by Crippen LogP contribution is -2.20. The lowest BCUT2D eigenvalue weighted by atomic mass is 10.0. The summed E-state index contributed by atoms with van der Waals surface area (Å²) in [5.41, 5.74) is 5.05. The highest BCUT2D eigenvalue weighted by Crippen LogP contribution is 2.28. The van der Waals surface area contributed by atoms with Crippen LogP contribution in [0.25, 0.3) is 16.2 Å². The summed E-state index contributed by atoms with van der Waals surface area (Å²) in [5.74, 6) is 0.249. The van der Waals surface area contributed by atoms with Crippen LogP contribution in [0.1, 0.15) is 11.1 Å². The highest BCUT2D eigenvalue weighted by atomic mass is 35.5. The van der Waals surface area contributed by atoms with E-state index in [0.29, 0.717) is 15.7 Å². The molecule has 0 saturated carbocycles. The molecule has 0 saturated heterocycles. The molecular formula is C19H16ClN5OS. The Bertz CT molecular complexity index is 1130. The molecule has 2 amide bonds. The van der Waals surface area contributed by atoms with E-state index in [9.17, 15) is 4.79 Å². The molecule has 2 N–H and O–H groups in total. The number of carbonyl (C=O) groups is 1. The molecule has 0 aliphatic heterocycles. The van der Waals surface area contributed by atoms with Crippen LogP contribution in [0, 0.1) is 13.8 Å². The fourth-order valence-electron chi connectivity index (χ4n) is 2.82. The molecule has 6 nitrogen and oxygen atoms in total. The minimum absolute atomic E-state index is 0.249. The fourth-order valence-corrected chi connectivity index (χ4v) is 3.77. The molecule has 136 valence electrons. The molecule has 0 aliphatic rings. The van der Waals surface area contributed by atoms with E-state index in [1.54, 1.807) is 28.8 Å². The second kappa shape index (κ2) is 7.02. The Labute approximate surface area is 164 Å². The van der Waals surface area contributed by atoms with E-state index in [1.165, 1.54) is 22.5 Å². The molecule has 0 aliphatic carbocycles. The highest BCUT2D eigenvalue weighted by molar-refractivity contribution is 7.15. The summed E-state index contributed by atoms with van der Waals surface area (Å²) in [7, 11) is 0. The second-order valence-corrected chi connectivity index (χ2v) is 7.43. The molecule has 0 unspecified atom stereocenters. The van der Waals surface area contributed by atoms with Gasteiger partial charge in [0.2, 0.25) is 4.96 Å². The summed E-state index contributed by atoms with van der Waals surface area (Å²) in [5, 5.41) is 12.4. The topological polar surface area (TPSA) is 71.3 Å². The molecule has 8 heteroatoms. The molecule has 27 heavy (non-hydrogen) atoms. The van der Waals surface area contributed by atoms with Gasteiger partial charge >= 0.3 is 6.03 Å². The Kier molecular flexibility index (Phi) is 4.55. The van der Waals surface area contributed by atoms with Gasteiger partial charge < -0.3 is 5.32 Å². The number of aromatic nitrogens is 3. The number of anilines is 2. The van der Waals surface area contributed by atoms with Crippen molar-refractivity contribution in [3.63, 3.8) is 0 Å². The summed E-state index contributed by atoms with van der Waals surface area (Å²) in [6, 6.07) is 12.7. The number of amides is 2. The molecular weight excluding hydrogens is 382 g/mol. The van der Waals surface area contributed by atoms with Gasteiger partial charge in [0.05, 0.1) is 5.69 Å². The van der Waals surface area contributed by atoms with Gasteiger partial charge in [-0.2, -0.15) is 4.98 Å². The maximum atomic E-state index is 12.2. The number of nitrogens with one attached hydrogen (secondary N) is 2. The summed E-state index contributed by atoms with van der Waals surface area (Å²) in [6.45, 7) is 4.14. The zero-order valence-corrected chi connectivity index (χ0v) is 16.2. The normalized spacial score (nSPS) is 10.9. The van der Waals surface area contributed by atoms with Gasteiger partial charge in [-0.05, 0) is 43.7 Å². The van der Waals surface area contributed by atoms with E-state index >= 15 is 0 Å². The van der Waals surface area contributed by atoms with Crippen molar-refractivity contribution in [3.05, 3.63) is 64.0 Å². The molecule has 0 atom stereocenters. The second-order valence-electron chi connectivity index (χ2n) is 6.16. The van der Waals surface area contributed by atoms with E-state index in [4.69, 9.17) is 11.6 Å². The van der Waals surface area contributed by atoms with Gasteiger partial charge in [0.25, 0.3) is 5.95 Å². The van der Waals surface area contributed by atoms with Crippen molar-refractivity contribution < 1.29 is 4.79 Å². The van der Waals surface area contributed by atoms with E-state index < -0.39 is 6.03 Å². The maximum Gasteiger partial charge on any atom is 0.326 e. The van der Waals surface area contributed by atoms with E-state index in [2.05, 4.69) is 52.8 Å².